The third-order valence-electron chi connectivity index (χ3n) is 3.51. The first-order valence-corrected chi connectivity index (χ1v) is 6.21. The normalized spacial score (nSPS) is 12.9. The molecule has 19 heavy (non-hydrogen) atoms. The highest BCUT2D eigenvalue weighted by Crippen LogP contribution is 2.32. The molecule has 0 atom stereocenters. The smallest absolute Gasteiger partial charge is 0.121 e. The molecule has 0 amide bonds. The molecular formula is C16H14N2O. The summed E-state index contributed by atoms with van der Waals surface area (Å²) in [6, 6.07) is 16.2. The van der Waals surface area contributed by atoms with Crippen molar-refractivity contribution < 1.29 is 4.74 Å². The van der Waals surface area contributed by atoms with E-state index in [1.165, 1.54) is 11.1 Å². The number of ether oxygens (including phenoxy) is 1. The van der Waals surface area contributed by atoms with Crippen molar-refractivity contribution in [2.75, 3.05) is 12.0 Å². The van der Waals surface area contributed by atoms with Gasteiger partial charge in [0.1, 0.15) is 11.8 Å². The van der Waals surface area contributed by atoms with Crippen LogP contribution in [0.5, 0.6) is 5.75 Å². The van der Waals surface area contributed by atoms with E-state index in [-0.39, 0.29) is 0 Å². The predicted octanol–water partition coefficient (Wildman–Crippen LogP) is 3.09. The van der Waals surface area contributed by atoms with Crippen LogP contribution in [0.1, 0.15) is 16.7 Å². The molecule has 2 aromatic carbocycles. The van der Waals surface area contributed by atoms with Crippen LogP contribution in [-0.4, -0.2) is 7.11 Å². The molecule has 3 nitrogen and oxygen atoms in total. The van der Waals surface area contributed by atoms with Crippen LogP contribution in [0.2, 0.25) is 0 Å². The summed E-state index contributed by atoms with van der Waals surface area (Å²) in [5, 5.41) is 9.24. The maximum Gasteiger partial charge on any atom is 0.121 e. The molecule has 2 aromatic rings. The molecule has 0 radical (unpaired) electrons. The zero-order chi connectivity index (χ0) is 13.2. The fourth-order valence-electron chi connectivity index (χ4n) is 2.50. The van der Waals surface area contributed by atoms with Crippen molar-refractivity contribution in [2.24, 2.45) is 0 Å². The average molecular weight is 250 g/mol. The molecule has 3 rings (SSSR count). The molecule has 0 bridgehead atoms. The molecule has 0 unspecified atom stereocenters. The molecule has 1 aliphatic heterocycles. The summed E-state index contributed by atoms with van der Waals surface area (Å²) in [4.78, 5) is 2.21. The van der Waals surface area contributed by atoms with Crippen molar-refractivity contribution in [3.8, 4) is 11.8 Å². The van der Waals surface area contributed by atoms with E-state index in [4.69, 9.17) is 4.74 Å². The molecule has 0 fully saturated rings. The van der Waals surface area contributed by atoms with Crippen LogP contribution >= 0.6 is 0 Å². The highest BCUT2D eigenvalue weighted by atomic mass is 16.5. The van der Waals surface area contributed by atoms with Gasteiger partial charge in [-0.2, -0.15) is 5.26 Å². The van der Waals surface area contributed by atoms with Crippen LogP contribution in [0.25, 0.3) is 0 Å². The number of anilines is 1. The Morgan fingerprint density at radius 3 is 2.37 bits per heavy atom. The SMILES string of the molecule is COc1ccc(C#N)c(N2Cc3ccccc3C2)c1. The van der Waals surface area contributed by atoms with E-state index in [1.54, 1.807) is 7.11 Å². The Labute approximate surface area is 112 Å². The number of nitriles is 1. The summed E-state index contributed by atoms with van der Waals surface area (Å²) in [5.74, 6) is 0.782. The lowest BCUT2D eigenvalue weighted by Crippen LogP contribution is -2.15. The second-order valence-electron chi connectivity index (χ2n) is 4.62. The van der Waals surface area contributed by atoms with E-state index in [0.717, 1.165) is 24.5 Å². The summed E-state index contributed by atoms with van der Waals surface area (Å²) >= 11 is 0. The molecular weight excluding hydrogens is 236 g/mol. The van der Waals surface area contributed by atoms with E-state index in [1.807, 2.05) is 18.2 Å². The fraction of sp³-hybridized carbons (Fsp3) is 0.188. The van der Waals surface area contributed by atoms with Gasteiger partial charge in [0.25, 0.3) is 0 Å². The second-order valence-corrected chi connectivity index (χ2v) is 4.62. The molecule has 0 saturated heterocycles. The standard InChI is InChI=1S/C16H14N2O/c1-19-15-7-6-12(9-17)16(8-15)18-10-13-4-2-3-5-14(13)11-18/h2-8H,10-11H2,1H3. The third kappa shape index (κ3) is 2.02. The van der Waals surface area contributed by atoms with Crippen molar-refractivity contribution in [1.29, 1.82) is 5.26 Å². The van der Waals surface area contributed by atoms with Gasteiger partial charge in [-0.3, -0.25) is 0 Å². The lowest BCUT2D eigenvalue weighted by molar-refractivity contribution is 0.414. The lowest BCUT2D eigenvalue weighted by atomic mass is 10.1. The molecule has 1 aliphatic rings. The summed E-state index contributed by atoms with van der Waals surface area (Å²) in [7, 11) is 1.64. The topological polar surface area (TPSA) is 36.3 Å². The van der Waals surface area contributed by atoms with Gasteiger partial charge in [0, 0.05) is 19.2 Å². The predicted molar refractivity (Wildman–Crippen MR) is 74.0 cm³/mol. The molecule has 0 saturated carbocycles. The van der Waals surface area contributed by atoms with Gasteiger partial charge in [-0.05, 0) is 23.3 Å². The van der Waals surface area contributed by atoms with Crippen LogP contribution in [0.4, 0.5) is 5.69 Å². The molecule has 0 spiro atoms. The largest absolute Gasteiger partial charge is 0.497 e. The number of methoxy groups -OCH3 is 1. The Hall–Kier alpha value is -2.47. The second kappa shape index (κ2) is 4.66. The first-order chi connectivity index (χ1) is 9.31. The Balaban J connectivity index is 1.99. The van der Waals surface area contributed by atoms with Gasteiger partial charge in [-0.15, -0.1) is 0 Å². The first kappa shape index (κ1) is 11.6. The summed E-state index contributed by atoms with van der Waals surface area (Å²) in [6.45, 7) is 1.69. The van der Waals surface area contributed by atoms with Crippen LogP contribution in [0.15, 0.2) is 42.5 Å². The van der Waals surface area contributed by atoms with Gasteiger partial charge < -0.3 is 9.64 Å². The van der Waals surface area contributed by atoms with Crippen molar-refractivity contribution in [3.05, 3.63) is 59.2 Å². The van der Waals surface area contributed by atoms with E-state index < -0.39 is 0 Å². The van der Waals surface area contributed by atoms with E-state index >= 15 is 0 Å². The highest BCUT2D eigenvalue weighted by Gasteiger charge is 2.21. The number of fused-ring (bicyclic) bond motifs is 1. The Morgan fingerprint density at radius 1 is 1.11 bits per heavy atom. The zero-order valence-electron chi connectivity index (χ0n) is 10.8. The fourth-order valence-corrected chi connectivity index (χ4v) is 2.50. The average Bonchev–Trinajstić information content (AvgIpc) is 2.90. The van der Waals surface area contributed by atoms with Gasteiger partial charge in [-0.25, -0.2) is 0 Å². The quantitative estimate of drug-likeness (QED) is 0.821. The maximum atomic E-state index is 9.24. The van der Waals surface area contributed by atoms with Crippen molar-refractivity contribution in [2.45, 2.75) is 13.1 Å². The minimum atomic E-state index is 0.689. The molecule has 3 heteroatoms. The van der Waals surface area contributed by atoms with Gasteiger partial charge >= 0.3 is 0 Å². The van der Waals surface area contributed by atoms with Gasteiger partial charge in [0.15, 0.2) is 0 Å². The lowest BCUT2D eigenvalue weighted by Gasteiger charge is -2.19. The first-order valence-electron chi connectivity index (χ1n) is 6.21. The summed E-state index contributed by atoms with van der Waals surface area (Å²) in [5.41, 5.74) is 4.29. The van der Waals surface area contributed by atoms with Gasteiger partial charge in [0.05, 0.1) is 18.4 Å². The van der Waals surface area contributed by atoms with E-state index in [2.05, 4.69) is 35.2 Å². The molecule has 94 valence electrons. The van der Waals surface area contributed by atoms with Crippen molar-refractivity contribution >= 4 is 5.69 Å². The zero-order valence-corrected chi connectivity index (χ0v) is 10.8. The molecule has 0 aliphatic carbocycles. The van der Waals surface area contributed by atoms with Gasteiger partial charge in [-0.1, -0.05) is 24.3 Å². The van der Waals surface area contributed by atoms with Crippen LogP contribution < -0.4 is 9.64 Å². The van der Waals surface area contributed by atoms with Crippen LogP contribution in [-0.2, 0) is 13.1 Å². The summed E-state index contributed by atoms with van der Waals surface area (Å²) in [6.07, 6.45) is 0. The number of benzene rings is 2. The number of hydrogen-bond donors (Lipinski definition) is 0. The highest BCUT2D eigenvalue weighted by molar-refractivity contribution is 5.64. The van der Waals surface area contributed by atoms with Crippen molar-refractivity contribution in [3.63, 3.8) is 0 Å². The molecule has 0 N–H and O–H groups in total. The van der Waals surface area contributed by atoms with E-state index in [9.17, 15) is 5.26 Å². The Kier molecular flexibility index (Phi) is 2.85. The monoisotopic (exact) mass is 250 g/mol. The molecule has 1 heterocycles. The number of nitrogens with zero attached hydrogens (tertiary/aromatic N) is 2. The third-order valence-corrected chi connectivity index (χ3v) is 3.51. The Morgan fingerprint density at radius 2 is 1.79 bits per heavy atom. The number of hydrogen-bond acceptors (Lipinski definition) is 3. The van der Waals surface area contributed by atoms with Gasteiger partial charge in [0.2, 0.25) is 0 Å². The van der Waals surface area contributed by atoms with E-state index in [0.29, 0.717) is 5.56 Å². The van der Waals surface area contributed by atoms with Crippen LogP contribution in [0.3, 0.4) is 0 Å². The summed E-state index contributed by atoms with van der Waals surface area (Å²) < 4.78 is 5.25. The maximum absolute atomic E-state index is 9.24. The minimum absolute atomic E-state index is 0.689. The minimum Gasteiger partial charge on any atom is -0.497 e. The number of rotatable bonds is 2. The Bertz CT molecular complexity index is 633. The molecule has 0 aromatic heterocycles. The van der Waals surface area contributed by atoms with Crippen molar-refractivity contribution in [1.82, 2.24) is 0 Å². The van der Waals surface area contributed by atoms with Crippen LogP contribution in [0, 0.1) is 11.3 Å².